The van der Waals surface area contributed by atoms with Gasteiger partial charge in [0, 0.05) is 35.8 Å². The summed E-state index contributed by atoms with van der Waals surface area (Å²) in [7, 11) is 0. The molecule has 8 heteroatoms. The van der Waals surface area contributed by atoms with Crippen LogP contribution in [0.3, 0.4) is 0 Å². The number of aliphatic hydroxyl groups excluding tert-OH is 1. The smallest absolute Gasteiger partial charge is 0.220 e. The Morgan fingerprint density at radius 3 is 2.44 bits per heavy atom. The maximum absolute atomic E-state index is 13.9. The minimum Gasteiger partial charge on any atom is -0.396 e. The number of rotatable bonds is 4. The Kier molecular flexibility index (Phi) is 13.7. The van der Waals surface area contributed by atoms with Gasteiger partial charge in [-0.15, -0.1) is 0 Å². The van der Waals surface area contributed by atoms with Crippen molar-refractivity contribution in [3.05, 3.63) is 71.1 Å². The van der Waals surface area contributed by atoms with Crippen LogP contribution < -0.4 is 11.1 Å². The lowest BCUT2D eigenvalue weighted by atomic mass is 9.78. The third-order valence-electron chi connectivity index (χ3n) is 6.80. The van der Waals surface area contributed by atoms with Crippen molar-refractivity contribution in [2.24, 2.45) is 5.92 Å². The average Bonchev–Trinajstić information content (AvgIpc) is 2.96. The van der Waals surface area contributed by atoms with Crippen molar-refractivity contribution in [3.63, 3.8) is 0 Å². The van der Waals surface area contributed by atoms with Crippen molar-refractivity contribution in [1.82, 2.24) is 20.3 Å². The van der Waals surface area contributed by atoms with Gasteiger partial charge in [0.15, 0.2) is 0 Å². The fourth-order valence-corrected chi connectivity index (χ4v) is 5.08. The minimum absolute atomic E-state index is 0.0273. The molecule has 0 amide bonds. The third kappa shape index (κ3) is 8.90. The Morgan fingerprint density at radius 2 is 1.79 bits per heavy atom. The van der Waals surface area contributed by atoms with E-state index in [1.54, 1.807) is 18.5 Å². The van der Waals surface area contributed by atoms with E-state index in [9.17, 15) is 4.39 Å². The van der Waals surface area contributed by atoms with E-state index in [1.807, 2.05) is 46.8 Å². The first-order valence-electron chi connectivity index (χ1n) is 14.2. The van der Waals surface area contributed by atoms with Gasteiger partial charge in [0.25, 0.3) is 0 Å². The molecule has 1 aromatic carbocycles. The van der Waals surface area contributed by atoms with Gasteiger partial charge in [-0.05, 0) is 93.3 Å². The number of nitrogens with two attached hydrogens (primary N) is 1. The first kappa shape index (κ1) is 32.0. The number of benzene rings is 1. The van der Waals surface area contributed by atoms with E-state index in [1.165, 1.54) is 25.0 Å². The van der Waals surface area contributed by atoms with Gasteiger partial charge in [-0.3, -0.25) is 4.98 Å². The number of nitrogen functional groups attached to an aromatic ring is 1. The molecule has 2 aliphatic rings. The number of halogens is 1. The summed E-state index contributed by atoms with van der Waals surface area (Å²) in [6.07, 6.45) is 8.12. The molecule has 39 heavy (non-hydrogen) atoms. The minimum atomic E-state index is -0.290. The molecule has 3 aromatic rings. The molecular weight excluding hydrogens is 491 g/mol. The Hall–Kier alpha value is -3.23. The summed E-state index contributed by atoms with van der Waals surface area (Å²) in [6, 6.07) is 8.55. The van der Waals surface area contributed by atoms with Crippen molar-refractivity contribution in [2.75, 3.05) is 25.4 Å². The molecule has 7 nitrogen and oxygen atoms in total. The highest BCUT2D eigenvalue weighted by Gasteiger charge is 2.29. The fourth-order valence-electron chi connectivity index (χ4n) is 5.08. The quantitative estimate of drug-likeness (QED) is 0.320. The van der Waals surface area contributed by atoms with Crippen LogP contribution in [-0.2, 0) is 6.42 Å². The monoisotopic (exact) mass is 536 g/mol. The summed E-state index contributed by atoms with van der Waals surface area (Å²) in [5.41, 5.74) is 11.3. The molecule has 5 N–H and O–H groups in total. The van der Waals surface area contributed by atoms with Crippen molar-refractivity contribution in [3.8, 4) is 11.1 Å². The zero-order valence-electron chi connectivity index (χ0n) is 24.1. The molecule has 2 aromatic heterocycles. The van der Waals surface area contributed by atoms with E-state index < -0.39 is 0 Å². The van der Waals surface area contributed by atoms with Crippen LogP contribution in [-0.4, -0.2) is 45.5 Å². The molecule has 1 saturated heterocycles. The predicted molar refractivity (Wildman–Crippen MR) is 159 cm³/mol. The summed E-state index contributed by atoms with van der Waals surface area (Å²) < 4.78 is 13.9. The fraction of sp³-hybridized carbons (Fsp3) is 0.484. The summed E-state index contributed by atoms with van der Waals surface area (Å²) in [5.74, 6) is 0.748. The van der Waals surface area contributed by atoms with E-state index in [4.69, 9.17) is 16.2 Å². The van der Waals surface area contributed by atoms with Crippen LogP contribution in [0.5, 0.6) is 0 Å². The van der Waals surface area contributed by atoms with Gasteiger partial charge in [0.05, 0.1) is 11.4 Å². The number of aromatic nitrogens is 3. The number of piperidine rings is 1. The summed E-state index contributed by atoms with van der Waals surface area (Å²) in [5, 5.41) is 20.4. The Balaban J connectivity index is 0.000000345. The highest BCUT2D eigenvalue weighted by molar-refractivity contribution is 6.01. The Bertz CT molecular complexity index is 1160. The molecule has 5 rings (SSSR count). The second kappa shape index (κ2) is 16.7. The van der Waals surface area contributed by atoms with Crippen molar-refractivity contribution in [2.45, 2.75) is 72.6 Å². The van der Waals surface area contributed by atoms with Crippen LogP contribution in [0, 0.1) is 24.1 Å². The van der Waals surface area contributed by atoms with E-state index in [0.29, 0.717) is 25.2 Å². The van der Waals surface area contributed by atoms with E-state index >= 15 is 0 Å². The van der Waals surface area contributed by atoms with Gasteiger partial charge in [0.1, 0.15) is 5.82 Å². The lowest BCUT2D eigenvalue weighted by Crippen LogP contribution is -2.28. The largest absolute Gasteiger partial charge is 0.396 e. The molecule has 0 bridgehead atoms. The second-order valence-electron chi connectivity index (χ2n) is 9.25. The standard InChI is InChI=1S/C20H18FN5.C7H15NO.2C2H6/c1-11-19-17(22)7-13(8-18(19)26-20(23)25-11)15-5-4-14(21)9-16(15)12-3-2-6-24-10-12;9-6-3-7-1-4-8-5-2-7;2*1-2/h2-6,9-10,13,22H,7-8H2,1H3,(H2,23,25,26);7-9H,1-6H2;2*1-2H3. The van der Waals surface area contributed by atoms with Crippen LogP contribution in [0.2, 0.25) is 0 Å². The molecule has 1 atom stereocenters. The molecular formula is C31H45FN6O. The van der Waals surface area contributed by atoms with Crippen LogP contribution in [0.1, 0.15) is 81.8 Å². The predicted octanol–water partition coefficient (Wildman–Crippen LogP) is 6.09. The van der Waals surface area contributed by atoms with Crippen LogP contribution in [0.25, 0.3) is 11.1 Å². The van der Waals surface area contributed by atoms with Crippen molar-refractivity contribution < 1.29 is 9.50 Å². The Morgan fingerprint density at radius 1 is 1.08 bits per heavy atom. The van der Waals surface area contributed by atoms with E-state index in [2.05, 4.69) is 20.3 Å². The molecule has 212 valence electrons. The lowest BCUT2D eigenvalue weighted by molar-refractivity contribution is 0.235. The second-order valence-corrected chi connectivity index (χ2v) is 9.25. The number of pyridine rings is 1. The lowest BCUT2D eigenvalue weighted by Gasteiger charge is -2.27. The van der Waals surface area contributed by atoms with Crippen LogP contribution >= 0.6 is 0 Å². The number of aliphatic hydroxyl groups is 1. The number of nitrogens with zero attached hydrogens (tertiary/aromatic N) is 3. The number of aryl methyl sites for hydroxylation is 1. The highest BCUT2D eigenvalue weighted by atomic mass is 19.1. The van der Waals surface area contributed by atoms with Gasteiger partial charge in [-0.2, -0.15) is 0 Å². The molecule has 1 aliphatic heterocycles. The van der Waals surface area contributed by atoms with Gasteiger partial charge in [0.2, 0.25) is 5.95 Å². The van der Waals surface area contributed by atoms with Crippen molar-refractivity contribution >= 4 is 11.7 Å². The molecule has 1 aliphatic carbocycles. The van der Waals surface area contributed by atoms with Crippen LogP contribution in [0.15, 0.2) is 42.7 Å². The van der Waals surface area contributed by atoms with E-state index in [0.717, 1.165) is 59.1 Å². The van der Waals surface area contributed by atoms with Gasteiger partial charge < -0.3 is 21.6 Å². The van der Waals surface area contributed by atoms with Crippen LogP contribution in [0.4, 0.5) is 10.3 Å². The molecule has 1 fully saturated rings. The topological polar surface area (TPSA) is 121 Å². The number of hydrogen-bond acceptors (Lipinski definition) is 7. The normalized spacial score (nSPS) is 16.4. The zero-order valence-corrected chi connectivity index (χ0v) is 24.1. The maximum Gasteiger partial charge on any atom is 0.220 e. The van der Waals surface area contributed by atoms with E-state index in [-0.39, 0.29) is 17.7 Å². The number of fused-ring (bicyclic) bond motifs is 1. The summed E-state index contributed by atoms with van der Waals surface area (Å²) >= 11 is 0. The molecule has 0 saturated carbocycles. The van der Waals surface area contributed by atoms with Crippen molar-refractivity contribution in [1.29, 1.82) is 5.41 Å². The number of hydrogen-bond donors (Lipinski definition) is 4. The zero-order chi connectivity index (χ0) is 28.8. The molecule has 0 spiro atoms. The summed E-state index contributed by atoms with van der Waals surface area (Å²) in [4.78, 5) is 12.7. The van der Waals surface area contributed by atoms with Gasteiger partial charge in [-0.25, -0.2) is 14.4 Å². The van der Waals surface area contributed by atoms with Gasteiger partial charge in [-0.1, -0.05) is 39.8 Å². The highest BCUT2D eigenvalue weighted by Crippen LogP contribution is 2.38. The maximum atomic E-state index is 13.9. The molecule has 3 heterocycles. The van der Waals surface area contributed by atoms with Gasteiger partial charge >= 0.3 is 0 Å². The Labute approximate surface area is 233 Å². The number of anilines is 1. The first-order valence-corrected chi connectivity index (χ1v) is 14.2. The SMILES string of the molecule is CC.CC.Cc1nc(N)nc2c1C(=N)CC(c1ccc(F)cc1-c1cccnc1)C2.OCCC1CCNCC1. The first-order chi connectivity index (χ1) is 19.0. The third-order valence-corrected chi connectivity index (χ3v) is 6.80. The average molecular weight is 537 g/mol. The summed E-state index contributed by atoms with van der Waals surface area (Å²) in [6.45, 7) is 12.5. The number of nitrogens with one attached hydrogen (secondary N) is 2. The molecule has 1 unspecified atom stereocenters. The molecule has 0 radical (unpaired) electrons.